The van der Waals surface area contributed by atoms with E-state index in [1.807, 2.05) is 11.7 Å². The molecule has 0 fully saturated rings. The van der Waals surface area contributed by atoms with Crippen LogP contribution in [-0.4, -0.2) is 40.1 Å². The van der Waals surface area contributed by atoms with Crippen LogP contribution in [0.3, 0.4) is 0 Å². The third kappa shape index (κ3) is 4.51. The Bertz CT molecular complexity index is 399. The summed E-state index contributed by atoms with van der Waals surface area (Å²) in [5, 5.41) is 7.80. The van der Waals surface area contributed by atoms with Crippen molar-refractivity contribution in [1.82, 2.24) is 20.1 Å². The molecule has 0 saturated carbocycles. The first-order valence-corrected chi connectivity index (χ1v) is 8.20. The van der Waals surface area contributed by atoms with Crippen molar-refractivity contribution in [3.8, 4) is 0 Å². The van der Waals surface area contributed by atoms with E-state index in [0.29, 0.717) is 5.92 Å². The van der Waals surface area contributed by atoms with Crippen LogP contribution in [0.15, 0.2) is 6.33 Å². The van der Waals surface area contributed by atoms with E-state index in [4.69, 9.17) is 4.74 Å². The molecule has 0 bridgehead atoms. The zero-order valence-corrected chi connectivity index (χ0v) is 14.5. The van der Waals surface area contributed by atoms with Gasteiger partial charge in [-0.2, -0.15) is 5.10 Å². The maximum atomic E-state index is 6.13. The molecule has 1 rings (SSSR count). The molecule has 1 aromatic rings. The van der Waals surface area contributed by atoms with E-state index in [2.05, 4.69) is 50.0 Å². The minimum Gasteiger partial charge on any atom is -0.374 e. The van der Waals surface area contributed by atoms with Gasteiger partial charge in [-0.3, -0.25) is 0 Å². The number of rotatable bonds is 10. The summed E-state index contributed by atoms with van der Waals surface area (Å²) < 4.78 is 8.16. The van der Waals surface area contributed by atoms with Crippen LogP contribution in [0.5, 0.6) is 0 Å². The molecule has 1 heterocycles. The van der Waals surface area contributed by atoms with Gasteiger partial charge in [-0.1, -0.05) is 27.7 Å². The highest BCUT2D eigenvalue weighted by Crippen LogP contribution is 2.27. The van der Waals surface area contributed by atoms with E-state index >= 15 is 0 Å². The van der Waals surface area contributed by atoms with Crippen LogP contribution in [0.1, 0.15) is 53.3 Å². The molecule has 0 aromatic carbocycles. The van der Waals surface area contributed by atoms with Crippen LogP contribution in [0.25, 0.3) is 0 Å². The molecule has 21 heavy (non-hydrogen) atoms. The summed E-state index contributed by atoms with van der Waals surface area (Å²) in [6, 6.07) is 0.238. The first kappa shape index (κ1) is 18.1. The van der Waals surface area contributed by atoms with Gasteiger partial charge in [-0.05, 0) is 32.7 Å². The lowest BCUT2D eigenvalue weighted by molar-refractivity contribution is -0.0709. The predicted octanol–water partition coefficient (Wildman–Crippen LogP) is 2.66. The molecule has 5 nitrogen and oxygen atoms in total. The van der Waals surface area contributed by atoms with Gasteiger partial charge in [0.15, 0.2) is 0 Å². The van der Waals surface area contributed by atoms with Gasteiger partial charge in [-0.25, -0.2) is 9.67 Å². The summed E-state index contributed by atoms with van der Waals surface area (Å²) in [6.45, 7) is 12.5. The molecule has 0 aliphatic carbocycles. The largest absolute Gasteiger partial charge is 0.374 e. The van der Waals surface area contributed by atoms with Crippen molar-refractivity contribution in [2.45, 2.75) is 72.1 Å². The van der Waals surface area contributed by atoms with E-state index in [-0.39, 0.29) is 11.6 Å². The molecule has 0 aliphatic rings. The van der Waals surface area contributed by atoms with Crippen molar-refractivity contribution >= 4 is 0 Å². The van der Waals surface area contributed by atoms with Gasteiger partial charge < -0.3 is 10.1 Å². The van der Waals surface area contributed by atoms with E-state index in [0.717, 1.165) is 38.2 Å². The predicted molar refractivity (Wildman–Crippen MR) is 86.4 cm³/mol. The van der Waals surface area contributed by atoms with Gasteiger partial charge in [0.1, 0.15) is 12.2 Å². The van der Waals surface area contributed by atoms with Crippen molar-refractivity contribution in [2.24, 2.45) is 5.92 Å². The van der Waals surface area contributed by atoms with Crippen molar-refractivity contribution < 1.29 is 4.74 Å². The highest BCUT2D eigenvalue weighted by Gasteiger charge is 2.36. The fraction of sp³-hybridized carbons (Fsp3) is 0.875. The van der Waals surface area contributed by atoms with Crippen LogP contribution >= 0.6 is 0 Å². The van der Waals surface area contributed by atoms with E-state index in [9.17, 15) is 0 Å². The van der Waals surface area contributed by atoms with Crippen LogP contribution in [0.2, 0.25) is 0 Å². The Hall–Kier alpha value is -0.940. The first-order chi connectivity index (χ1) is 10.0. The Morgan fingerprint density at radius 2 is 1.95 bits per heavy atom. The summed E-state index contributed by atoms with van der Waals surface area (Å²) in [4.78, 5) is 4.46. The number of aromatic nitrogens is 3. The smallest absolute Gasteiger partial charge is 0.138 e. The summed E-state index contributed by atoms with van der Waals surface area (Å²) in [6.07, 6.45) is 4.47. The Morgan fingerprint density at radius 1 is 1.29 bits per heavy atom. The second kappa shape index (κ2) is 8.49. The Morgan fingerprint density at radius 3 is 2.43 bits per heavy atom. The van der Waals surface area contributed by atoms with Gasteiger partial charge in [-0.15, -0.1) is 0 Å². The van der Waals surface area contributed by atoms with Crippen LogP contribution in [0.4, 0.5) is 0 Å². The fourth-order valence-corrected chi connectivity index (χ4v) is 3.01. The molecule has 1 N–H and O–H groups in total. The maximum absolute atomic E-state index is 6.13. The average Bonchev–Trinajstić information content (AvgIpc) is 2.89. The third-order valence-electron chi connectivity index (χ3n) is 4.23. The molecule has 122 valence electrons. The monoisotopic (exact) mass is 296 g/mol. The summed E-state index contributed by atoms with van der Waals surface area (Å²) in [5.74, 6) is 1.60. The lowest BCUT2D eigenvalue weighted by atomic mass is 9.86. The molecule has 0 saturated heterocycles. The van der Waals surface area contributed by atoms with Crippen molar-refractivity contribution in [2.75, 3.05) is 13.7 Å². The number of nitrogens with one attached hydrogen (secondary N) is 1. The topological polar surface area (TPSA) is 52.0 Å². The maximum Gasteiger partial charge on any atom is 0.138 e. The molecule has 0 spiro atoms. The number of hydrogen-bond donors (Lipinski definition) is 1. The molecular formula is C16H32N4O. The Kier molecular flexibility index (Phi) is 7.32. The Balaban J connectivity index is 2.93. The van der Waals surface area contributed by atoms with Crippen molar-refractivity contribution in [3.63, 3.8) is 0 Å². The van der Waals surface area contributed by atoms with Gasteiger partial charge in [0, 0.05) is 25.6 Å². The van der Waals surface area contributed by atoms with Crippen LogP contribution in [-0.2, 0) is 17.7 Å². The summed E-state index contributed by atoms with van der Waals surface area (Å²) in [5.41, 5.74) is -0.141. The second-order valence-corrected chi connectivity index (χ2v) is 6.00. The third-order valence-corrected chi connectivity index (χ3v) is 4.23. The van der Waals surface area contributed by atoms with E-state index in [1.54, 1.807) is 6.33 Å². The summed E-state index contributed by atoms with van der Waals surface area (Å²) in [7, 11) is 2.01. The fourth-order valence-electron chi connectivity index (χ4n) is 3.01. The molecule has 1 aromatic heterocycles. The molecule has 0 radical (unpaired) electrons. The molecule has 0 aliphatic heterocycles. The van der Waals surface area contributed by atoms with E-state index < -0.39 is 0 Å². The quantitative estimate of drug-likeness (QED) is 0.721. The minimum atomic E-state index is -0.141. The van der Waals surface area contributed by atoms with Crippen molar-refractivity contribution in [1.29, 1.82) is 0 Å². The van der Waals surface area contributed by atoms with Gasteiger partial charge >= 0.3 is 0 Å². The van der Waals surface area contributed by atoms with E-state index in [1.165, 1.54) is 0 Å². The lowest BCUT2D eigenvalue weighted by Gasteiger charge is -2.39. The number of likely N-dealkylation sites (N-methyl/N-ethyl adjacent to an activating group) is 1. The zero-order chi connectivity index (χ0) is 15.9. The number of hydrogen-bond acceptors (Lipinski definition) is 4. The van der Waals surface area contributed by atoms with Gasteiger partial charge in [0.2, 0.25) is 0 Å². The standard InChI is InChI=1S/C16H32N4O/c1-7-16(8-2,21-9-3)14(17-6)10-15-18-12-19-20(15)11-13(4)5/h12-14,17H,7-11H2,1-6H3. The average molecular weight is 296 g/mol. The summed E-state index contributed by atoms with van der Waals surface area (Å²) >= 11 is 0. The van der Waals surface area contributed by atoms with Crippen LogP contribution in [0, 0.1) is 5.92 Å². The SMILES string of the molecule is CCOC(CC)(CC)C(Cc1ncnn1CC(C)C)NC. The first-order valence-electron chi connectivity index (χ1n) is 8.20. The highest BCUT2D eigenvalue weighted by atomic mass is 16.5. The zero-order valence-electron chi connectivity index (χ0n) is 14.5. The van der Waals surface area contributed by atoms with Crippen LogP contribution < -0.4 is 5.32 Å². The normalized spacial score (nSPS) is 13.9. The Labute approximate surface area is 129 Å². The molecular weight excluding hydrogens is 264 g/mol. The number of ether oxygens (including phenoxy) is 1. The highest BCUT2D eigenvalue weighted by molar-refractivity contribution is 4.99. The molecule has 5 heteroatoms. The lowest BCUT2D eigenvalue weighted by Crippen LogP contribution is -2.52. The van der Waals surface area contributed by atoms with Crippen molar-refractivity contribution in [3.05, 3.63) is 12.2 Å². The molecule has 1 unspecified atom stereocenters. The number of nitrogens with zero attached hydrogens (tertiary/aromatic N) is 3. The second-order valence-electron chi connectivity index (χ2n) is 6.00. The van der Waals surface area contributed by atoms with Gasteiger partial charge in [0.05, 0.1) is 5.60 Å². The van der Waals surface area contributed by atoms with Gasteiger partial charge in [0.25, 0.3) is 0 Å². The minimum absolute atomic E-state index is 0.141. The molecule has 1 atom stereocenters. The molecule has 0 amide bonds.